The van der Waals surface area contributed by atoms with E-state index in [2.05, 4.69) is 9.88 Å². The van der Waals surface area contributed by atoms with Gasteiger partial charge in [0.05, 0.1) is 10.2 Å². The summed E-state index contributed by atoms with van der Waals surface area (Å²) in [5.41, 5.74) is 5.73. The highest BCUT2D eigenvalue weighted by molar-refractivity contribution is 7.16. The number of pyridine rings is 1. The Balaban J connectivity index is 0.00000126. The van der Waals surface area contributed by atoms with E-state index in [9.17, 15) is 13.6 Å². The second kappa shape index (κ2) is 9.43. The van der Waals surface area contributed by atoms with Crippen LogP contribution < -0.4 is 9.77 Å². The van der Waals surface area contributed by atoms with Crippen molar-refractivity contribution in [2.24, 2.45) is 7.05 Å². The predicted molar refractivity (Wildman–Crippen MR) is 133 cm³/mol. The van der Waals surface area contributed by atoms with Crippen LogP contribution in [0.25, 0.3) is 21.3 Å². The molecule has 0 saturated heterocycles. The van der Waals surface area contributed by atoms with Crippen molar-refractivity contribution in [1.82, 2.24) is 9.55 Å². The largest absolute Gasteiger partial charge is 0.341 e. The van der Waals surface area contributed by atoms with Crippen molar-refractivity contribution in [2.45, 2.75) is 40.0 Å². The Morgan fingerprint density at radius 1 is 1.09 bits per heavy atom. The van der Waals surface area contributed by atoms with Gasteiger partial charge in [-0.1, -0.05) is 31.3 Å². The van der Waals surface area contributed by atoms with Crippen LogP contribution in [0.1, 0.15) is 43.5 Å². The summed E-state index contributed by atoms with van der Waals surface area (Å²) < 4.78 is 30.7. The van der Waals surface area contributed by atoms with Gasteiger partial charge in [-0.15, -0.1) is 0 Å². The van der Waals surface area contributed by atoms with Crippen LogP contribution in [0.5, 0.6) is 0 Å². The molecule has 7 heteroatoms. The van der Waals surface area contributed by atoms with Crippen molar-refractivity contribution in [3.63, 3.8) is 0 Å². The zero-order chi connectivity index (χ0) is 23.7. The maximum atomic E-state index is 14.1. The van der Waals surface area contributed by atoms with Crippen LogP contribution in [0.3, 0.4) is 0 Å². The molecule has 3 heterocycles. The molecule has 2 aromatic heterocycles. The minimum Gasteiger partial charge on any atom is -0.341 e. The van der Waals surface area contributed by atoms with Crippen molar-refractivity contribution in [3.8, 4) is 11.1 Å². The van der Waals surface area contributed by atoms with Crippen molar-refractivity contribution >= 4 is 32.9 Å². The Hall–Kier alpha value is -3.06. The summed E-state index contributed by atoms with van der Waals surface area (Å²) in [6.45, 7) is 6.62. The Labute approximate surface area is 196 Å². The van der Waals surface area contributed by atoms with Crippen LogP contribution in [0, 0.1) is 6.92 Å². The van der Waals surface area contributed by atoms with Crippen molar-refractivity contribution < 1.29 is 8.78 Å². The van der Waals surface area contributed by atoms with E-state index >= 15 is 0 Å². The smallest absolute Gasteiger partial charge is 0.307 e. The van der Waals surface area contributed by atoms with Crippen molar-refractivity contribution in [1.29, 1.82) is 0 Å². The maximum absolute atomic E-state index is 14.1. The van der Waals surface area contributed by atoms with E-state index in [-0.39, 0.29) is 10.4 Å². The van der Waals surface area contributed by atoms with Gasteiger partial charge in [0.2, 0.25) is 0 Å². The maximum Gasteiger partial charge on any atom is 0.307 e. The predicted octanol–water partition coefficient (Wildman–Crippen LogP) is 7.02. The van der Waals surface area contributed by atoms with Gasteiger partial charge >= 0.3 is 4.87 Å². The number of fused-ring (bicyclic) bond motifs is 2. The number of alkyl halides is 2. The summed E-state index contributed by atoms with van der Waals surface area (Å²) in [5.74, 6) is 0. The average Bonchev–Trinajstić information content (AvgIpc) is 3.12. The molecule has 5 rings (SSSR count). The Morgan fingerprint density at radius 2 is 1.88 bits per heavy atom. The lowest BCUT2D eigenvalue weighted by molar-refractivity contribution is 0.152. The molecule has 2 aromatic carbocycles. The lowest BCUT2D eigenvalue weighted by Gasteiger charge is -2.32. The topological polar surface area (TPSA) is 38.1 Å². The molecular formula is C26H27F2N3OS. The lowest BCUT2D eigenvalue weighted by atomic mass is 9.92. The number of halogens is 2. The molecule has 1 aliphatic heterocycles. The van der Waals surface area contributed by atoms with E-state index in [1.807, 2.05) is 57.2 Å². The van der Waals surface area contributed by atoms with Gasteiger partial charge in [-0.05, 0) is 67.3 Å². The SMILES string of the molecule is CC.Cc1ccc(-c2cc3c(cc2C(F)F)N(c2ccc4sc(=O)n(C)c4c2)CCC3)cn1. The van der Waals surface area contributed by atoms with Crippen LogP contribution >= 0.6 is 11.3 Å². The third-order valence-electron chi connectivity index (χ3n) is 5.91. The van der Waals surface area contributed by atoms with Gasteiger partial charge in [0.15, 0.2) is 0 Å². The van der Waals surface area contributed by atoms with Gasteiger partial charge in [-0.3, -0.25) is 9.78 Å². The molecule has 0 fully saturated rings. The van der Waals surface area contributed by atoms with Crippen LogP contribution in [0.2, 0.25) is 0 Å². The first kappa shape index (κ1) is 23.1. The zero-order valence-corrected chi connectivity index (χ0v) is 20.0. The molecule has 0 spiro atoms. The summed E-state index contributed by atoms with van der Waals surface area (Å²) in [6, 6.07) is 13.1. The summed E-state index contributed by atoms with van der Waals surface area (Å²) >= 11 is 1.21. The van der Waals surface area contributed by atoms with Crippen LogP contribution in [0.15, 0.2) is 53.5 Å². The first-order valence-corrected chi connectivity index (χ1v) is 12.0. The molecule has 33 heavy (non-hydrogen) atoms. The molecule has 4 nitrogen and oxygen atoms in total. The molecular weight excluding hydrogens is 440 g/mol. The highest BCUT2D eigenvalue weighted by atomic mass is 32.1. The monoisotopic (exact) mass is 467 g/mol. The number of rotatable bonds is 3. The molecule has 0 saturated carbocycles. The Kier molecular flexibility index (Phi) is 6.61. The van der Waals surface area contributed by atoms with E-state index < -0.39 is 6.43 Å². The molecule has 0 N–H and O–H groups in total. The fourth-order valence-electron chi connectivity index (χ4n) is 4.26. The number of benzene rings is 2. The summed E-state index contributed by atoms with van der Waals surface area (Å²) in [4.78, 5) is 18.4. The van der Waals surface area contributed by atoms with E-state index in [4.69, 9.17) is 0 Å². The van der Waals surface area contributed by atoms with Gasteiger partial charge in [-0.25, -0.2) is 8.78 Å². The lowest BCUT2D eigenvalue weighted by Crippen LogP contribution is -2.25. The van der Waals surface area contributed by atoms with E-state index in [0.717, 1.165) is 52.2 Å². The van der Waals surface area contributed by atoms with Gasteiger partial charge in [0.1, 0.15) is 0 Å². The molecule has 0 bridgehead atoms. The molecule has 4 aromatic rings. The molecule has 0 amide bonds. The first-order valence-electron chi connectivity index (χ1n) is 11.2. The molecule has 0 radical (unpaired) electrons. The third-order valence-corrected chi connectivity index (χ3v) is 6.93. The molecule has 0 unspecified atom stereocenters. The minimum absolute atomic E-state index is 0.0115. The highest BCUT2D eigenvalue weighted by Crippen LogP contribution is 2.41. The third kappa shape index (κ3) is 4.29. The average molecular weight is 468 g/mol. The number of anilines is 2. The van der Waals surface area contributed by atoms with Crippen LogP contribution in [-0.2, 0) is 13.5 Å². The van der Waals surface area contributed by atoms with E-state index in [1.54, 1.807) is 23.9 Å². The zero-order valence-electron chi connectivity index (χ0n) is 19.2. The second-order valence-corrected chi connectivity index (χ2v) is 8.88. The Morgan fingerprint density at radius 3 is 2.58 bits per heavy atom. The summed E-state index contributed by atoms with van der Waals surface area (Å²) in [5, 5.41) is 0. The molecule has 0 atom stereocenters. The van der Waals surface area contributed by atoms with Crippen molar-refractivity contribution in [2.75, 3.05) is 11.4 Å². The number of nitrogens with zero attached hydrogens (tertiary/aromatic N) is 3. The second-order valence-electron chi connectivity index (χ2n) is 7.89. The van der Waals surface area contributed by atoms with Gasteiger partial charge in [0, 0.05) is 48.0 Å². The molecule has 1 aliphatic rings. The number of hydrogen-bond acceptors (Lipinski definition) is 4. The fourth-order valence-corrected chi connectivity index (χ4v) is 5.12. The standard InChI is InChI=1S/C24H21F2N3OS.C2H6/c1-14-5-6-16(13-27-14)18-10-15-4-3-9-29(20(15)12-19(18)23(25)26)17-7-8-22-21(11-17)28(2)24(30)31-22;1-2/h5-8,10-13,23H,3-4,9H2,1-2H3;1-2H3. The molecule has 172 valence electrons. The van der Waals surface area contributed by atoms with Crippen molar-refractivity contribution in [3.05, 3.63) is 75.1 Å². The number of thiazole rings is 1. The van der Waals surface area contributed by atoms with Gasteiger partial charge in [0.25, 0.3) is 6.43 Å². The van der Waals surface area contributed by atoms with Gasteiger partial charge < -0.3 is 9.47 Å². The van der Waals surface area contributed by atoms with Crippen LogP contribution in [0.4, 0.5) is 20.2 Å². The minimum atomic E-state index is -2.59. The molecule has 0 aliphatic carbocycles. The first-order chi connectivity index (χ1) is 15.9. The fraction of sp³-hybridized carbons (Fsp3) is 0.308. The highest BCUT2D eigenvalue weighted by Gasteiger charge is 2.24. The van der Waals surface area contributed by atoms with Crippen LogP contribution in [-0.4, -0.2) is 16.1 Å². The Bertz CT molecular complexity index is 1340. The van der Waals surface area contributed by atoms with E-state index in [0.29, 0.717) is 11.1 Å². The summed E-state index contributed by atoms with van der Waals surface area (Å²) in [6.07, 6.45) is 0.827. The number of aryl methyl sites for hydroxylation is 3. The number of aromatic nitrogens is 2. The summed E-state index contributed by atoms with van der Waals surface area (Å²) in [7, 11) is 1.76. The quantitative estimate of drug-likeness (QED) is 0.325. The normalized spacial score (nSPS) is 13.1. The van der Waals surface area contributed by atoms with E-state index in [1.165, 1.54) is 11.3 Å². The van der Waals surface area contributed by atoms with Gasteiger partial charge in [-0.2, -0.15) is 0 Å². The number of hydrogen-bond donors (Lipinski definition) is 0.